The summed E-state index contributed by atoms with van der Waals surface area (Å²) < 4.78 is 41.6. The zero-order chi connectivity index (χ0) is 24.1. The molecule has 1 aliphatic rings. The third-order valence-corrected chi connectivity index (χ3v) is 8.62. The summed E-state index contributed by atoms with van der Waals surface area (Å²) in [7, 11) is 13.1. The van der Waals surface area contributed by atoms with Gasteiger partial charge in [0.05, 0.1) is 59.4 Å². The molecule has 3 heterocycles. The third-order valence-electron chi connectivity index (χ3n) is 8.62. The van der Waals surface area contributed by atoms with Gasteiger partial charge in [0.1, 0.15) is 15.7 Å². The summed E-state index contributed by atoms with van der Waals surface area (Å²) in [5.41, 5.74) is 3.74. The minimum Gasteiger partial charge on any atom is -0.284 e. The molecule has 5 nitrogen and oxygen atoms in total. The quantitative estimate of drug-likeness (QED) is 0.356. The molecule has 14 heteroatoms. The first-order valence-electron chi connectivity index (χ1n) is 11.1. The molecule has 5 rings (SSSR count). The van der Waals surface area contributed by atoms with E-state index in [9.17, 15) is 13.2 Å². The van der Waals surface area contributed by atoms with Crippen LogP contribution < -0.4 is 0 Å². The Morgan fingerprint density at radius 2 is 1.70 bits per heavy atom. The molecule has 0 bridgehead atoms. The van der Waals surface area contributed by atoms with E-state index in [0.29, 0.717) is 17.6 Å². The van der Waals surface area contributed by atoms with Gasteiger partial charge in [-0.3, -0.25) is 10.2 Å². The first-order chi connectivity index (χ1) is 15.2. The lowest BCUT2D eigenvalue weighted by Gasteiger charge is -2.59. The van der Waals surface area contributed by atoms with Crippen molar-refractivity contribution in [3.05, 3.63) is 40.8 Å². The van der Waals surface area contributed by atoms with Crippen LogP contribution in [-0.2, 0) is 17.8 Å². The minimum atomic E-state index is -4.59. The number of halogens is 3. The van der Waals surface area contributed by atoms with Crippen molar-refractivity contribution < 1.29 is 13.2 Å². The Morgan fingerprint density at radius 1 is 1.00 bits per heavy atom. The molecular weight excluding hydrogens is 420 g/mol. The van der Waals surface area contributed by atoms with Gasteiger partial charge in [-0.25, -0.2) is 4.98 Å². The Morgan fingerprint density at radius 3 is 2.36 bits per heavy atom. The van der Waals surface area contributed by atoms with Gasteiger partial charge in [0.2, 0.25) is 0 Å². The predicted octanol–water partition coefficient (Wildman–Crippen LogP) is -1.43. The van der Waals surface area contributed by atoms with E-state index in [1.54, 1.807) is 0 Å². The molecule has 2 N–H and O–H groups in total. The predicted molar refractivity (Wildman–Crippen MR) is 141 cm³/mol. The van der Waals surface area contributed by atoms with Crippen LogP contribution >= 0.6 is 0 Å². The maximum absolute atomic E-state index is 13.9. The van der Waals surface area contributed by atoms with Gasteiger partial charge in [-0.05, 0) is 36.6 Å². The van der Waals surface area contributed by atoms with Gasteiger partial charge in [0.15, 0.2) is 5.69 Å². The second-order valence-electron chi connectivity index (χ2n) is 11.0. The molecule has 0 saturated carbocycles. The largest absolute Gasteiger partial charge is 0.435 e. The molecule has 0 spiro atoms. The van der Waals surface area contributed by atoms with Crippen LogP contribution in [0.25, 0.3) is 33.1 Å². The van der Waals surface area contributed by atoms with E-state index in [1.165, 1.54) is 6.20 Å². The number of pyridine rings is 1. The number of hydrogen-bond acceptors (Lipinski definition) is 3. The number of aryl methyl sites for hydroxylation is 1. The Hall–Kier alpha value is -2.51. The number of rotatable bonds is 1. The average Bonchev–Trinajstić information content (AvgIpc) is 3.33. The highest BCUT2D eigenvalue weighted by Gasteiger charge is 2.53. The van der Waals surface area contributed by atoms with Gasteiger partial charge in [0.25, 0.3) is 0 Å². The lowest BCUT2D eigenvalue weighted by atomic mass is 9.14. The molecule has 0 amide bonds. The number of benzene rings is 1. The SMILES string of the molecule is BC1(B)Cc2c(c(-c3c[nH]nc3C(F)(F)F)nc3ccc4[nH]nc(C)c4c23)C(B)(B)C1(B)B. The number of aromatic amines is 2. The Kier molecular flexibility index (Phi) is 4.42. The molecule has 1 aliphatic carbocycles. The number of aromatic nitrogens is 5. The van der Waals surface area contributed by atoms with Crippen molar-refractivity contribution in [2.24, 2.45) is 0 Å². The summed E-state index contributed by atoms with van der Waals surface area (Å²) in [6, 6.07) is 3.76. The fourth-order valence-corrected chi connectivity index (χ4v) is 5.66. The molecule has 4 aromatic rings. The highest BCUT2D eigenvalue weighted by molar-refractivity contribution is 6.62. The fourth-order valence-electron chi connectivity index (χ4n) is 5.66. The summed E-state index contributed by atoms with van der Waals surface area (Å²) in [5, 5.41) is 14.6. The van der Waals surface area contributed by atoms with Crippen molar-refractivity contribution in [1.29, 1.82) is 0 Å². The summed E-state index contributed by atoms with van der Waals surface area (Å²) in [6.45, 7) is 1.94. The first-order valence-corrected chi connectivity index (χ1v) is 11.1. The van der Waals surface area contributed by atoms with Crippen LogP contribution in [0.15, 0.2) is 18.3 Å². The van der Waals surface area contributed by atoms with Gasteiger partial charge in [-0.15, -0.1) is 0 Å². The van der Waals surface area contributed by atoms with Crippen LogP contribution in [0.2, 0.25) is 10.4 Å². The highest BCUT2D eigenvalue weighted by Crippen LogP contribution is 2.61. The number of H-pyrrole nitrogens is 2. The number of fused-ring (bicyclic) bond motifs is 5. The molecule has 1 aromatic carbocycles. The van der Waals surface area contributed by atoms with Crippen LogP contribution in [0, 0.1) is 6.92 Å². The van der Waals surface area contributed by atoms with E-state index < -0.39 is 17.1 Å². The van der Waals surface area contributed by atoms with Crippen LogP contribution in [0.3, 0.4) is 0 Å². The lowest BCUT2D eigenvalue weighted by molar-refractivity contribution is -0.140. The Bertz CT molecular complexity index is 1440. The van der Waals surface area contributed by atoms with Crippen molar-refractivity contribution in [3.63, 3.8) is 0 Å². The molecule has 0 saturated heterocycles. The number of alkyl halides is 3. The van der Waals surface area contributed by atoms with Crippen LogP contribution in [0.4, 0.5) is 13.2 Å². The van der Waals surface area contributed by atoms with Crippen molar-refractivity contribution in [1.82, 2.24) is 25.4 Å². The van der Waals surface area contributed by atoms with Crippen molar-refractivity contribution in [2.45, 2.75) is 35.2 Å². The molecule has 0 aliphatic heterocycles. The molecule has 0 atom stereocenters. The smallest absolute Gasteiger partial charge is 0.284 e. The summed E-state index contributed by atoms with van der Waals surface area (Å²) in [4.78, 5) is 4.88. The minimum absolute atomic E-state index is 0.00626. The van der Waals surface area contributed by atoms with Crippen LogP contribution in [0.1, 0.15) is 22.5 Å². The van der Waals surface area contributed by atoms with E-state index in [-0.39, 0.29) is 16.0 Å². The maximum Gasteiger partial charge on any atom is 0.435 e. The Labute approximate surface area is 194 Å². The number of nitrogens with one attached hydrogen (secondary N) is 2. The number of nitrogens with zero attached hydrogens (tertiary/aromatic N) is 3. The van der Waals surface area contributed by atoms with Crippen molar-refractivity contribution >= 4 is 68.9 Å². The zero-order valence-electron chi connectivity index (χ0n) is 19.9. The third kappa shape index (κ3) is 2.85. The molecule has 0 fully saturated rings. The molecule has 33 heavy (non-hydrogen) atoms. The zero-order valence-corrected chi connectivity index (χ0v) is 19.9. The van der Waals surface area contributed by atoms with E-state index in [4.69, 9.17) is 4.98 Å². The van der Waals surface area contributed by atoms with Gasteiger partial charge in [0, 0.05) is 17.0 Å². The topological polar surface area (TPSA) is 70.2 Å². The summed E-state index contributed by atoms with van der Waals surface area (Å²) in [6.07, 6.45) is -2.55. The molecule has 3 aromatic heterocycles. The average molecular weight is 442 g/mol. The van der Waals surface area contributed by atoms with E-state index in [2.05, 4.69) is 67.5 Å². The van der Waals surface area contributed by atoms with Gasteiger partial charge in [-0.2, -0.15) is 23.4 Å². The first kappa shape index (κ1) is 22.3. The second-order valence-corrected chi connectivity index (χ2v) is 11.0. The normalized spacial score (nSPS) is 19.0. The monoisotopic (exact) mass is 443 g/mol. The van der Waals surface area contributed by atoms with Crippen LogP contribution in [-0.4, -0.2) is 72.5 Å². The fraction of sp³-hybridized carbons (Fsp3) is 0.316. The summed E-state index contributed by atoms with van der Waals surface area (Å²) >= 11 is 0. The lowest BCUT2D eigenvalue weighted by Crippen LogP contribution is -2.55. The van der Waals surface area contributed by atoms with Gasteiger partial charge < -0.3 is 0 Å². The second kappa shape index (κ2) is 6.54. The molecule has 0 unspecified atom stereocenters. The van der Waals surface area contributed by atoms with Gasteiger partial charge in [-0.1, -0.05) is 15.6 Å². The molecule has 0 radical (unpaired) electrons. The van der Waals surface area contributed by atoms with E-state index in [1.807, 2.05) is 19.1 Å². The maximum atomic E-state index is 13.9. The molecule has 162 valence electrons. The Balaban J connectivity index is 2.01. The van der Waals surface area contributed by atoms with E-state index >= 15 is 0 Å². The van der Waals surface area contributed by atoms with Crippen LogP contribution in [0.5, 0.6) is 0 Å². The number of hydrogen-bond donors (Lipinski definition) is 2. The van der Waals surface area contributed by atoms with Crippen molar-refractivity contribution in [2.75, 3.05) is 0 Å². The van der Waals surface area contributed by atoms with E-state index in [0.717, 1.165) is 33.1 Å². The summed E-state index contributed by atoms with van der Waals surface area (Å²) in [5.74, 6) is 0. The van der Waals surface area contributed by atoms with Gasteiger partial charge >= 0.3 is 6.18 Å². The highest BCUT2D eigenvalue weighted by atomic mass is 19.4. The standard InChI is InChI=1S/C19H22B6F3N5/c1-6-11-10(32-31-6)3-2-9-12(11)7-4-16(20,21)19(24,25)17(22,23)13(7)14(30-9)8-5-29-33-15(8)18(26,27)28/h2-3,5H,4,20-25H2,1H3,(H,29,33)(H,31,32). The van der Waals surface area contributed by atoms with Crippen molar-refractivity contribution in [3.8, 4) is 11.3 Å². The molecular formula is C19H22B6F3N5.